The predicted molar refractivity (Wildman–Crippen MR) is 70.7 cm³/mol. The van der Waals surface area contributed by atoms with Crippen molar-refractivity contribution >= 4 is 22.8 Å². The highest BCUT2D eigenvalue weighted by Crippen LogP contribution is 2.13. The molecular weight excluding hydrogens is 244 g/mol. The highest BCUT2D eigenvalue weighted by molar-refractivity contribution is 5.94. The van der Waals surface area contributed by atoms with E-state index in [1.54, 1.807) is 20.2 Å². The first-order chi connectivity index (χ1) is 9.08. The van der Waals surface area contributed by atoms with Crippen LogP contribution in [0.1, 0.15) is 10.4 Å². The van der Waals surface area contributed by atoms with Crippen LogP contribution in [0.25, 0.3) is 10.9 Å². The topological polar surface area (TPSA) is 59.5 Å². The average molecular weight is 258 g/mol. The van der Waals surface area contributed by atoms with Gasteiger partial charge in [-0.25, -0.2) is 4.79 Å². The van der Waals surface area contributed by atoms with E-state index < -0.39 is 5.97 Å². The van der Waals surface area contributed by atoms with Gasteiger partial charge in [0.1, 0.15) is 0 Å². The lowest BCUT2D eigenvalue weighted by Crippen LogP contribution is -2.27. The second-order valence-electron chi connectivity index (χ2n) is 4.28. The Kier molecular flexibility index (Phi) is 3.75. The zero-order valence-electron chi connectivity index (χ0n) is 10.8. The van der Waals surface area contributed by atoms with Gasteiger partial charge < -0.3 is 9.64 Å². The van der Waals surface area contributed by atoms with Crippen LogP contribution < -0.4 is 0 Å². The average Bonchev–Trinajstić information content (AvgIpc) is 2.43. The van der Waals surface area contributed by atoms with Gasteiger partial charge in [-0.1, -0.05) is 18.2 Å². The monoisotopic (exact) mass is 258 g/mol. The van der Waals surface area contributed by atoms with Crippen molar-refractivity contribution in [3.63, 3.8) is 0 Å². The Morgan fingerprint density at radius 1 is 1.26 bits per heavy atom. The van der Waals surface area contributed by atoms with E-state index in [1.165, 1.54) is 11.1 Å². The van der Waals surface area contributed by atoms with Gasteiger partial charge in [-0.3, -0.25) is 9.78 Å². The molecule has 0 radical (unpaired) electrons. The number of aromatic nitrogens is 1. The number of fused-ring (bicyclic) bond motifs is 1. The predicted octanol–water partition coefficient (Wildman–Crippen LogP) is 1.48. The van der Waals surface area contributed by atoms with E-state index in [1.807, 2.05) is 24.3 Å². The molecular formula is C14H14N2O3. The first-order valence-electron chi connectivity index (χ1n) is 5.80. The number of hydrogen-bond donors (Lipinski definition) is 0. The number of hydrogen-bond acceptors (Lipinski definition) is 4. The van der Waals surface area contributed by atoms with Crippen molar-refractivity contribution in [2.75, 3.05) is 20.7 Å². The molecule has 1 heterocycles. The Hall–Kier alpha value is -2.43. The lowest BCUT2D eigenvalue weighted by atomic mass is 10.1. The van der Waals surface area contributed by atoms with Crippen LogP contribution >= 0.6 is 0 Å². The number of benzene rings is 1. The maximum Gasteiger partial charge on any atom is 0.340 e. The minimum Gasteiger partial charge on any atom is -0.452 e. The van der Waals surface area contributed by atoms with Gasteiger partial charge >= 0.3 is 5.97 Å². The summed E-state index contributed by atoms with van der Waals surface area (Å²) in [4.78, 5) is 28.6. The number of carbonyl (C=O) groups is 2. The lowest BCUT2D eigenvalue weighted by Gasteiger charge is -2.10. The van der Waals surface area contributed by atoms with Crippen molar-refractivity contribution in [3.05, 3.63) is 42.1 Å². The zero-order valence-corrected chi connectivity index (χ0v) is 10.8. The van der Waals surface area contributed by atoms with Crippen LogP contribution in [-0.2, 0) is 9.53 Å². The Labute approximate surface area is 110 Å². The third-order valence-electron chi connectivity index (χ3n) is 2.65. The Bertz CT molecular complexity index is 623. The van der Waals surface area contributed by atoms with E-state index in [2.05, 4.69) is 4.98 Å². The summed E-state index contributed by atoms with van der Waals surface area (Å²) >= 11 is 0. The molecule has 2 aromatic rings. The molecule has 0 aliphatic carbocycles. The second kappa shape index (κ2) is 5.48. The molecule has 0 fully saturated rings. The number of pyridine rings is 1. The molecule has 1 aromatic carbocycles. The fraction of sp³-hybridized carbons (Fsp3) is 0.214. The molecule has 19 heavy (non-hydrogen) atoms. The maximum absolute atomic E-state index is 11.8. The third kappa shape index (κ3) is 3.07. The van der Waals surface area contributed by atoms with Crippen LogP contribution in [0.5, 0.6) is 0 Å². The number of carbonyl (C=O) groups excluding carboxylic acids is 2. The molecule has 0 bridgehead atoms. The molecule has 0 aliphatic heterocycles. The summed E-state index contributed by atoms with van der Waals surface area (Å²) in [6.07, 6.45) is 1.45. The van der Waals surface area contributed by atoms with Crippen LogP contribution in [0.15, 0.2) is 36.5 Å². The molecule has 0 unspecified atom stereocenters. The molecule has 98 valence electrons. The van der Waals surface area contributed by atoms with E-state index in [4.69, 9.17) is 4.74 Å². The van der Waals surface area contributed by atoms with Gasteiger partial charge in [0.25, 0.3) is 5.91 Å². The number of rotatable bonds is 3. The van der Waals surface area contributed by atoms with E-state index >= 15 is 0 Å². The van der Waals surface area contributed by atoms with Crippen molar-refractivity contribution in [3.8, 4) is 0 Å². The van der Waals surface area contributed by atoms with E-state index in [9.17, 15) is 9.59 Å². The molecule has 0 spiro atoms. The van der Waals surface area contributed by atoms with Crippen LogP contribution in [0, 0.1) is 0 Å². The number of esters is 1. The van der Waals surface area contributed by atoms with E-state index in [-0.39, 0.29) is 12.5 Å². The Balaban J connectivity index is 2.11. The van der Waals surface area contributed by atoms with E-state index in [0.717, 1.165) is 10.9 Å². The molecule has 0 aliphatic rings. The molecule has 1 amide bonds. The Morgan fingerprint density at radius 2 is 2.00 bits per heavy atom. The summed E-state index contributed by atoms with van der Waals surface area (Å²) < 4.78 is 4.93. The summed E-state index contributed by atoms with van der Waals surface area (Å²) in [7, 11) is 3.21. The van der Waals surface area contributed by atoms with Crippen LogP contribution in [0.3, 0.4) is 0 Å². The second-order valence-corrected chi connectivity index (χ2v) is 4.28. The van der Waals surface area contributed by atoms with Crippen molar-refractivity contribution in [2.45, 2.75) is 0 Å². The first-order valence-corrected chi connectivity index (χ1v) is 5.80. The fourth-order valence-electron chi connectivity index (χ4n) is 1.52. The van der Waals surface area contributed by atoms with Gasteiger partial charge in [-0.05, 0) is 12.1 Å². The summed E-state index contributed by atoms with van der Waals surface area (Å²) in [5.41, 5.74) is 1.15. The van der Waals surface area contributed by atoms with Crippen LogP contribution in [0.4, 0.5) is 0 Å². The van der Waals surface area contributed by atoms with Gasteiger partial charge in [0.05, 0.1) is 11.1 Å². The number of likely N-dealkylation sites (N-methyl/N-ethyl adjacent to an activating group) is 1. The number of para-hydroxylation sites is 1. The van der Waals surface area contributed by atoms with Gasteiger partial charge in [0.15, 0.2) is 6.61 Å². The van der Waals surface area contributed by atoms with Crippen molar-refractivity contribution < 1.29 is 14.3 Å². The number of nitrogens with zero attached hydrogens (tertiary/aromatic N) is 2. The molecule has 0 saturated heterocycles. The summed E-state index contributed by atoms with van der Waals surface area (Å²) in [5.74, 6) is -0.810. The fourth-order valence-corrected chi connectivity index (χ4v) is 1.52. The normalized spacial score (nSPS) is 10.2. The number of amides is 1. The highest BCUT2D eigenvalue weighted by atomic mass is 16.5. The van der Waals surface area contributed by atoms with E-state index in [0.29, 0.717) is 5.56 Å². The van der Waals surface area contributed by atoms with Gasteiger partial charge in [-0.2, -0.15) is 0 Å². The molecule has 2 rings (SSSR count). The van der Waals surface area contributed by atoms with Crippen molar-refractivity contribution in [1.82, 2.24) is 9.88 Å². The standard InChI is InChI=1S/C14H14N2O3/c1-16(2)13(17)9-19-14(18)11-7-10-5-3-4-6-12(10)15-8-11/h3-8H,9H2,1-2H3. The molecule has 5 nitrogen and oxygen atoms in total. The minimum atomic E-state index is -0.548. The van der Waals surface area contributed by atoms with Crippen LogP contribution in [-0.4, -0.2) is 42.5 Å². The first kappa shape index (κ1) is 13.0. The molecule has 0 N–H and O–H groups in total. The molecule has 1 aromatic heterocycles. The van der Waals surface area contributed by atoms with Crippen molar-refractivity contribution in [1.29, 1.82) is 0 Å². The highest BCUT2D eigenvalue weighted by Gasteiger charge is 2.12. The summed E-state index contributed by atoms with van der Waals surface area (Å²) in [6.45, 7) is -0.265. The van der Waals surface area contributed by atoms with Crippen LogP contribution in [0.2, 0.25) is 0 Å². The molecule has 0 saturated carbocycles. The summed E-state index contributed by atoms with van der Waals surface area (Å²) in [5, 5.41) is 0.857. The molecule has 5 heteroatoms. The minimum absolute atomic E-state index is 0.262. The van der Waals surface area contributed by atoms with Gasteiger partial charge in [0, 0.05) is 25.7 Å². The zero-order chi connectivity index (χ0) is 13.8. The number of ether oxygens (including phenoxy) is 1. The molecule has 0 atom stereocenters. The smallest absolute Gasteiger partial charge is 0.340 e. The van der Waals surface area contributed by atoms with Crippen molar-refractivity contribution in [2.24, 2.45) is 0 Å². The summed E-state index contributed by atoms with van der Waals surface area (Å²) in [6, 6.07) is 9.17. The maximum atomic E-state index is 11.8. The third-order valence-corrected chi connectivity index (χ3v) is 2.65. The largest absolute Gasteiger partial charge is 0.452 e. The Morgan fingerprint density at radius 3 is 2.74 bits per heavy atom. The quantitative estimate of drug-likeness (QED) is 0.782. The van der Waals surface area contributed by atoms with Gasteiger partial charge in [-0.15, -0.1) is 0 Å². The SMILES string of the molecule is CN(C)C(=O)COC(=O)c1cnc2ccccc2c1. The lowest BCUT2D eigenvalue weighted by molar-refractivity contribution is -0.131. The van der Waals surface area contributed by atoms with Gasteiger partial charge in [0.2, 0.25) is 0 Å².